The molecule has 0 aromatic carbocycles. The number of likely N-dealkylation sites (N-methyl/N-ethyl adjacent to an activating group) is 1. The Balaban J connectivity index is 1.74. The second-order valence-electron chi connectivity index (χ2n) is 8.36. The number of aliphatic imine (C=N–C) groups is 1. The van der Waals surface area contributed by atoms with E-state index in [-0.39, 0.29) is 18.5 Å². The monoisotopic (exact) mass is 418 g/mol. The molecule has 0 spiro atoms. The van der Waals surface area contributed by atoms with E-state index in [1.54, 1.807) is 25.2 Å². The summed E-state index contributed by atoms with van der Waals surface area (Å²) >= 11 is 0. The molecular formula is C21H34N6O3. The molecule has 1 aliphatic rings. The Kier molecular flexibility index (Phi) is 8.44. The quantitative estimate of drug-likeness (QED) is 0.533. The molecule has 0 aliphatic carbocycles. The van der Waals surface area contributed by atoms with Crippen LogP contribution in [-0.4, -0.2) is 84.7 Å². The molecule has 1 aromatic heterocycles. The number of nitrogens with zero attached hydrogens (tertiary/aromatic N) is 4. The zero-order valence-electron chi connectivity index (χ0n) is 18.6. The number of carbonyl (C=O) groups is 2. The minimum absolute atomic E-state index is 0.0184. The summed E-state index contributed by atoms with van der Waals surface area (Å²) in [4.78, 5) is 36.7. The van der Waals surface area contributed by atoms with E-state index in [0.717, 1.165) is 18.7 Å². The fourth-order valence-electron chi connectivity index (χ4n) is 3.12. The van der Waals surface area contributed by atoms with Gasteiger partial charge in [-0.15, -0.1) is 0 Å². The first-order chi connectivity index (χ1) is 14.2. The molecule has 9 heteroatoms. The topological polar surface area (TPSA) is 99.2 Å². The maximum atomic E-state index is 12.4. The molecule has 1 aromatic rings. The highest BCUT2D eigenvalue weighted by Crippen LogP contribution is 2.12. The predicted molar refractivity (Wildman–Crippen MR) is 116 cm³/mol. The zero-order chi connectivity index (χ0) is 22.1. The lowest BCUT2D eigenvalue weighted by molar-refractivity contribution is -0.128. The van der Waals surface area contributed by atoms with Crippen molar-refractivity contribution in [2.45, 2.75) is 45.3 Å². The van der Waals surface area contributed by atoms with Crippen molar-refractivity contribution in [3.05, 3.63) is 30.1 Å². The Morgan fingerprint density at radius 3 is 2.77 bits per heavy atom. The minimum atomic E-state index is -0.525. The molecule has 1 aliphatic heterocycles. The second kappa shape index (κ2) is 10.8. The van der Waals surface area contributed by atoms with Crippen molar-refractivity contribution in [1.29, 1.82) is 0 Å². The van der Waals surface area contributed by atoms with Crippen molar-refractivity contribution in [1.82, 2.24) is 25.4 Å². The maximum absolute atomic E-state index is 12.4. The number of hydrogen-bond acceptors (Lipinski definition) is 5. The van der Waals surface area contributed by atoms with Gasteiger partial charge in [0.2, 0.25) is 5.91 Å². The van der Waals surface area contributed by atoms with Crippen molar-refractivity contribution in [2.75, 3.05) is 40.3 Å². The van der Waals surface area contributed by atoms with Gasteiger partial charge < -0.3 is 25.2 Å². The third-order valence-electron chi connectivity index (χ3n) is 4.67. The summed E-state index contributed by atoms with van der Waals surface area (Å²) in [6.07, 6.45) is 2.84. The molecule has 1 saturated heterocycles. The van der Waals surface area contributed by atoms with E-state index >= 15 is 0 Å². The summed E-state index contributed by atoms with van der Waals surface area (Å²) in [5, 5.41) is 6.02. The number of nitrogens with one attached hydrogen (secondary N) is 2. The van der Waals surface area contributed by atoms with E-state index in [0.29, 0.717) is 25.5 Å². The fraction of sp³-hybridized carbons (Fsp3) is 0.619. The summed E-state index contributed by atoms with van der Waals surface area (Å²) < 4.78 is 5.31. The summed E-state index contributed by atoms with van der Waals surface area (Å²) in [6, 6.07) is 5.75. The smallest absolute Gasteiger partial charge is 0.407 e. The van der Waals surface area contributed by atoms with Crippen LogP contribution in [0.25, 0.3) is 0 Å². The van der Waals surface area contributed by atoms with E-state index < -0.39 is 11.7 Å². The van der Waals surface area contributed by atoms with E-state index in [1.807, 2.05) is 43.9 Å². The van der Waals surface area contributed by atoms with Crippen LogP contribution in [0, 0.1) is 0 Å². The molecule has 1 fully saturated rings. The van der Waals surface area contributed by atoms with Crippen molar-refractivity contribution in [3.63, 3.8) is 0 Å². The Hall–Kier alpha value is -2.84. The molecule has 1 unspecified atom stereocenters. The van der Waals surface area contributed by atoms with Crippen molar-refractivity contribution < 1.29 is 14.3 Å². The molecular weight excluding hydrogens is 384 g/mol. The third-order valence-corrected chi connectivity index (χ3v) is 4.67. The van der Waals surface area contributed by atoms with Gasteiger partial charge in [-0.3, -0.25) is 14.8 Å². The van der Waals surface area contributed by atoms with Gasteiger partial charge in [0.25, 0.3) is 0 Å². The average molecular weight is 419 g/mol. The number of carbonyl (C=O) groups excluding carboxylic acids is 2. The first kappa shape index (κ1) is 23.4. The number of amides is 2. The first-order valence-corrected chi connectivity index (χ1v) is 10.3. The van der Waals surface area contributed by atoms with Crippen LogP contribution in [0.1, 0.15) is 32.9 Å². The van der Waals surface area contributed by atoms with Gasteiger partial charge in [-0.1, -0.05) is 6.07 Å². The Morgan fingerprint density at radius 2 is 2.13 bits per heavy atom. The van der Waals surface area contributed by atoms with Crippen LogP contribution in [0.2, 0.25) is 0 Å². The Labute approximate surface area is 178 Å². The van der Waals surface area contributed by atoms with Crippen LogP contribution in [0.5, 0.6) is 0 Å². The van der Waals surface area contributed by atoms with Gasteiger partial charge in [0, 0.05) is 52.0 Å². The molecule has 9 nitrogen and oxygen atoms in total. The lowest BCUT2D eigenvalue weighted by Crippen LogP contribution is -2.47. The van der Waals surface area contributed by atoms with E-state index in [4.69, 9.17) is 4.74 Å². The number of likely N-dealkylation sites (tertiary alicyclic amines) is 1. The number of rotatable bonds is 6. The van der Waals surface area contributed by atoms with Gasteiger partial charge in [-0.05, 0) is 39.3 Å². The third kappa shape index (κ3) is 7.88. The van der Waals surface area contributed by atoms with Crippen LogP contribution < -0.4 is 10.6 Å². The second-order valence-corrected chi connectivity index (χ2v) is 8.36. The molecule has 0 radical (unpaired) electrons. The number of guanidine groups is 1. The largest absolute Gasteiger partial charge is 0.444 e. The molecule has 2 N–H and O–H groups in total. The zero-order valence-corrected chi connectivity index (χ0v) is 18.6. The van der Waals surface area contributed by atoms with Gasteiger partial charge in [-0.2, -0.15) is 0 Å². The summed E-state index contributed by atoms with van der Waals surface area (Å²) in [7, 11) is 3.47. The van der Waals surface area contributed by atoms with Crippen molar-refractivity contribution >= 4 is 18.0 Å². The minimum Gasteiger partial charge on any atom is -0.444 e. The Morgan fingerprint density at radius 1 is 1.37 bits per heavy atom. The van der Waals surface area contributed by atoms with Crippen LogP contribution in [0.15, 0.2) is 29.4 Å². The van der Waals surface area contributed by atoms with E-state index in [2.05, 4.69) is 20.6 Å². The molecule has 2 heterocycles. The van der Waals surface area contributed by atoms with E-state index in [9.17, 15) is 9.59 Å². The van der Waals surface area contributed by atoms with Gasteiger partial charge in [0.05, 0.1) is 12.6 Å². The molecule has 30 heavy (non-hydrogen) atoms. The van der Waals surface area contributed by atoms with Gasteiger partial charge in [0.15, 0.2) is 5.96 Å². The van der Waals surface area contributed by atoms with E-state index in [1.165, 1.54) is 0 Å². The van der Waals surface area contributed by atoms with Crippen LogP contribution in [0.4, 0.5) is 4.79 Å². The SMILES string of the molecule is CN=C(NCC(=O)N(C)CCc1ccccn1)N1CCC(NC(=O)OC(C)(C)C)C1. The molecule has 166 valence electrons. The normalized spacial score (nSPS) is 16.9. The van der Waals surface area contributed by atoms with Crippen molar-refractivity contribution in [2.24, 2.45) is 4.99 Å². The lowest BCUT2D eigenvalue weighted by atomic mass is 10.2. The number of pyridine rings is 1. The molecule has 2 rings (SSSR count). The standard InChI is InChI=1S/C21H34N6O3/c1-21(2,3)30-20(29)25-17-10-13-27(15-17)19(22-4)24-14-18(28)26(5)12-9-16-8-6-7-11-23-16/h6-8,11,17H,9-10,12-15H2,1-5H3,(H,22,24)(H,25,29). The highest BCUT2D eigenvalue weighted by atomic mass is 16.6. The highest BCUT2D eigenvalue weighted by Gasteiger charge is 2.28. The number of hydrogen-bond donors (Lipinski definition) is 2. The van der Waals surface area contributed by atoms with Crippen LogP contribution in [0.3, 0.4) is 0 Å². The molecule has 1 atom stereocenters. The summed E-state index contributed by atoms with van der Waals surface area (Å²) in [5.41, 5.74) is 0.435. The number of aromatic nitrogens is 1. The Bertz CT molecular complexity index is 732. The van der Waals surface area contributed by atoms with Gasteiger partial charge >= 0.3 is 6.09 Å². The van der Waals surface area contributed by atoms with Crippen LogP contribution >= 0.6 is 0 Å². The fourth-order valence-corrected chi connectivity index (χ4v) is 3.12. The molecule has 2 amide bonds. The summed E-state index contributed by atoms with van der Waals surface area (Å²) in [5.74, 6) is 0.629. The average Bonchev–Trinajstić information content (AvgIpc) is 3.13. The highest BCUT2D eigenvalue weighted by molar-refractivity contribution is 5.86. The predicted octanol–water partition coefficient (Wildman–Crippen LogP) is 1.26. The number of alkyl carbamates (subject to hydrolysis) is 1. The first-order valence-electron chi connectivity index (χ1n) is 10.3. The van der Waals surface area contributed by atoms with Crippen molar-refractivity contribution in [3.8, 4) is 0 Å². The number of ether oxygens (including phenoxy) is 1. The maximum Gasteiger partial charge on any atom is 0.407 e. The lowest BCUT2D eigenvalue weighted by Gasteiger charge is -2.24. The summed E-state index contributed by atoms with van der Waals surface area (Å²) in [6.45, 7) is 7.62. The molecule has 0 bridgehead atoms. The molecule has 0 saturated carbocycles. The van der Waals surface area contributed by atoms with Gasteiger partial charge in [0.1, 0.15) is 5.60 Å². The van der Waals surface area contributed by atoms with Crippen LogP contribution in [-0.2, 0) is 16.0 Å². The van der Waals surface area contributed by atoms with Gasteiger partial charge in [-0.25, -0.2) is 4.79 Å².